The van der Waals surface area contributed by atoms with E-state index in [-0.39, 0.29) is 17.1 Å². The molecule has 112 valence electrons. The van der Waals surface area contributed by atoms with Gasteiger partial charge in [-0.25, -0.2) is 0 Å². The molecular weight excluding hydrogens is 246 g/mol. The van der Waals surface area contributed by atoms with E-state index >= 15 is 0 Å². The molecule has 1 unspecified atom stereocenters. The predicted molar refractivity (Wildman–Crippen MR) is 85.2 cm³/mol. The number of benzene rings is 1. The lowest BCUT2D eigenvalue weighted by molar-refractivity contribution is -0.0349. The molecule has 0 bridgehead atoms. The van der Waals surface area contributed by atoms with Crippen LogP contribution in [0.4, 0.5) is 0 Å². The average molecular weight is 275 g/mol. The van der Waals surface area contributed by atoms with E-state index in [0.717, 1.165) is 12.8 Å². The Morgan fingerprint density at radius 2 is 1.65 bits per heavy atom. The molecule has 1 saturated carbocycles. The van der Waals surface area contributed by atoms with Gasteiger partial charge in [-0.05, 0) is 36.4 Å². The van der Waals surface area contributed by atoms with E-state index < -0.39 is 0 Å². The van der Waals surface area contributed by atoms with Crippen molar-refractivity contribution in [2.24, 2.45) is 0 Å². The maximum Gasteiger partial charge on any atom is 0.0872 e. The summed E-state index contributed by atoms with van der Waals surface area (Å²) >= 11 is 0. The van der Waals surface area contributed by atoms with E-state index in [1.54, 1.807) is 0 Å². The third-order valence-electron chi connectivity index (χ3n) is 4.78. The van der Waals surface area contributed by atoms with Crippen molar-refractivity contribution in [3.8, 4) is 0 Å². The molecule has 1 atom stereocenters. The van der Waals surface area contributed by atoms with Gasteiger partial charge < -0.3 is 10.1 Å². The second-order valence-electron chi connectivity index (χ2n) is 7.07. The Kier molecular flexibility index (Phi) is 4.55. The lowest BCUT2D eigenvalue weighted by atomic mass is 9.83. The zero-order valence-corrected chi connectivity index (χ0v) is 13.6. The molecule has 0 radical (unpaired) electrons. The zero-order chi connectivity index (χ0) is 14.8. The third kappa shape index (κ3) is 2.91. The van der Waals surface area contributed by atoms with Crippen LogP contribution in [-0.2, 0) is 10.2 Å². The molecule has 2 nitrogen and oxygen atoms in total. The summed E-state index contributed by atoms with van der Waals surface area (Å²) in [5, 5.41) is 3.49. The quantitative estimate of drug-likeness (QED) is 0.889. The lowest BCUT2D eigenvalue weighted by Crippen LogP contribution is -2.42. The Balaban J connectivity index is 2.28. The number of hydrogen-bond donors (Lipinski definition) is 1. The minimum atomic E-state index is -0.0298. The van der Waals surface area contributed by atoms with Crippen molar-refractivity contribution in [1.29, 1.82) is 0 Å². The molecule has 0 heterocycles. The highest BCUT2D eigenvalue weighted by atomic mass is 16.5. The number of rotatable bonds is 4. The first-order chi connectivity index (χ1) is 9.43. The molecule has 1 aromatic carbocycles. The van der Waals surface area contributed by atoms with Crippen LogP contribution < -0.4 is 5.32 Å². The number of likely N-dealkylation sites (N-methyl/N-ethyl adjacent to an activating group) is 1. The molecular formula is C18H29NO. The van der Waals surface area contributed by atoms with Crippen molar-refractivity contribution in [1.82, 2.24) is 5.32 Å². The Morgan fingerprint density at radius 1 is 1.10 bits per heavy atom. The Morgan fingerprint density at radius 3 is 2.05 bits per heavy atom. The number of methoxy groups -OCH3 is 1. The van der Waals surface area contributed by atoms with Crippen LogP contribution in [0.25, 0.3) is 0 Å². The Bertz CT molecular complexity index is 424. The maximum absolute atomic E-state index is 5.94. The topological polar surface area (TPSA) is 21.3 Å². The Labute approximate surface area is 123 Å². The largest absolute Gasteiger partial charge is 0.376 e. The first kappa shape index (κ1) is 15.5. The van der Waals surface area contributed by atoms with E-state index in [9.17, 15) is 0 Å². The standard InChI is InChI=1S/C18H29NO/c1-17(2,3)15-10-8-14(9-11-15)16(19-4)18(20-5)12-6-7-13-18/h8-11,16,19H,6-7,12-13H2,1-5H3. The normalized spacial score (nSPS) is 20.1. The molecule has 1 N–H and O–H groups in total. The van der Waals surface area contributed by atoms with E-state index in [0.29, 0.717) is 0 Å². The van der Waals surface area contributed by atoms with Crippen LogP contribution in [0.2, 0.25) is 0 Å². The fourth-order valence-electron chi connectivity index (χ4n) is 3.49. The number of nitrogens with one attached hydrogen (secondary N) is 1. The third-order valence-corrected chi connectivity index (χ3v) is 4.78. The van der Waals surface area contributed by atoms with Crippen LogP contribution in [-0.4, -0.2) is 19.8 Å². The number of hydrogen-bond acceptors (Lipinski definition) is 2. The van der Waals surface area contributed by atoms with Gasteiger partial charge in [0.1, 0.15) is 0 Å². The van der Waals surface area contributed by atoms with Crippen molar-refractivity contribution < 1.29 is 4.74 Å². The molecule has 1 aromatic rings. The van der Waals surface area contributed by atoms with Crippen molar-refractivity contribution >= 4 is 0 Å². The van der Waals surface area contributed by atoms with Gasteiger partial charge in [-0.15, -0.1) is 0 Å². The van der Waals surface area contributed by atoms with Gasteiger partial charge in [0.25, 0.3) is 0 Å². The molecule has 0 saturated heterocycles. The smallest absolute Gasteiger partial charge is 0.0872 e. The van der Waals surface area contributed by atoms with Crippen LogP contribution in [0, 0.1) is 0 Å². The van der Waals surface area contributed by atoms with E-state index in [4.69, 9.17) is 4.74 Å². The summed E-state index contributed by atoms with van der Waals surface area (Å²) in [4.78, 5) is 0. The highest BCUT2D eigenvalue weighted by Gasteiger charge is 2.41. The van der Waals surface area contributed by atoms with Gasteiger partial charge in [-0.1, -0.05) is 57.9 Å². The molecule has 0 spiro atoms. The molecule has 1 aliphatic carbocycles. The fraction of sp³-hybridized carbons (Fsp3) is 0.667. The van der Waals surface area contributed by atoms with Crippen LogP contribution in [0.15, 0.2) is 24.3 Å². The minimum Gasteiger partial charge on any atom is -0.376 e. The lowest BCUT2D eigenvalue weighted by Gasteiger charge is -2.37. The van der Waals surface area contributed by atoms with Gasteiger partial charge in [0.05, 0.1) is 11.6 Å². The highest BCUT2D eigenvalue weighted by molar-refractivity contribution is 5.31. The van der Waals surface area contributed by atoms with Gasteiger partial charge in [-0.3, -0.25) is 0 Å². The average Bonchev–Trinajstić information content (AvgIpc) is 2.89. The molecule has 20 heavy (non-hydrogen) atoms. The fourth-order valence-corrected chi connectivity index (χ4v) is 3.49. The summed E-state index contributed by atoms with van der Waals surface area (Å²) in [7, 11) is 3.90. The summed E-state index contributed by atoms with van der Waals surface area (Å²) in [6, 6.07) is 9.33. The van der Waals surface area contributed by atoms with Crippen molar-refractivity contribution in [2.45, 2.75) is 63.5 Å². The predicted octanol–water partition coefficient (Wildman–Crippen LogP) is 4.20. The second-order valence-corrected chi connectivity index (χ2v) is 7.07. The minimum absolute atomic E-state index is 0.0298. The summed E-state index contributed by atoms with van der Waals surface area (Å²) in [6.45, 7) is 6.77. The summed E-state index contributed by atoms with van der Waals surface area (Å²) in [6.07, 6.45) is 4.84. The van der Waals surface area contributed by atoms with Gasteiger partial charge in [-0.2, -0.15) is 0 Å². The Hall–Kier alpha value is -0.860. The summed E-state index contributed by atoms with van der Waals surface area (Å²) < 4.78 is 5.94. The first-order valence-electron chi connectivity index (χ1n) is 7.76. The molecule has 0 amide bonds. The second kappa shape index (κ2) is 5.87. The van der Waals surface area contributed by atoms with Gasteiger partial charge in [0, 0.05) is 7.11 Å². The number of ether oxygens (including phenoxy) is 1. The van der Waals surface area contributed by atoms with Gasteiger partial charge in [0.15, 0.2) is 0 Å². The van der Waals surface area contributed by atoms with Crippen LogP contribution in [0.5, 0.6) is 0 Å². The van der Waals surface area contributed by atoms with Crippen molar-refractivity contribution in [3.63, 3.8) is 0 Å². The van der Waals surface area contributed by atoms with Crippen LogP contribution >= 0.6 is 0 Å². The molecule has 0 aliphatic heterocycles. The van der Waals surface area contributed by atoms with Crippen molar-refractivity contribution in [2.75, 3.05) is 14.2 Å². The zero-order valence-electron chi connectivity index (χ0n) is 13.6. The molecule has 0 aromatic heterocycles. The highest BCUT2D eigenvalue weighted by Crippen LogP contribution is 2.42. The summed E-state index contributed by atoms with van der Waals surface area (Å²) in [5.41, 5.74) is 2.90. The molecule has 1 fully saturated rings. The van der Waals surface area contributed by atoms with Gasteiger partial charge in [0.2, 0.25) is 0 Å². The maximum atomic E-state index is 5.94. The van der Waals surface area contributed by atoms with Crippen molar-refractivity contribution in [3.05, 3.63) is 35.4 Å². The van der Waals surface area contributed by atoms with E-state index in [1.807, 2.05) is 14.2 Å². The summed E-state index contributed by atoms with van der Waals surface area (Å²) in [5.74, 6) is 0. The van der Waals surface area contributed by atoms with Gasteiger partial charge >= 0.3 is 0 Å². The van der Waals surface area contributed by atoms with Crippen LogP contribution in [0.1, 0.15) is 63.6 Å². The molecule has 1 aliphatic rings. The first-order valence-corrected chi connectivity index (χ1v) is 7.76. The van der Waals surface area contributed by atoms with E-state index in [2.05, 4.69) is 50.4 Å². The monoisotopic (exact) mass is 275 g/mol. The molecule has 2 heteroatoms. The van der Waals surface area contributed by atoms with Crippen LogP contribution in [0.3, 0.4) is 0 Å². The SMILES string of the molecule is CNC(c1ccc(C(C)(C)C)cc1)C1(OC)CCCC1. The van der Waals surface area contributed by atoms with E-state index in [1.165, 1.54) is 24.0 Å². The molecule has 2 rings (SSSR count).